The van der Waals surface area contributed by atoms with E-state index in [1.165, 1.54) is 5.57 Å². The van der Waals surface area contributed by atoms with Crippen molar-refractivity contribution in [3.63, 3.8) is 0 Å². The fraction of sp³-hybridized carbons (Fsp3) is 0.208. The topological polar surface area (TPSA) is 86.1 Å². The van der Waals surface area contributed by atoms with Crippen LogP contribution in [0, 0.1) is 0 Å². The van der Waals surface area contributed by atoms with Crippen molar-refractivity contribution in [3.05, 3.63) is 104 Å². The summed E-state index contributed by atoms with van der Waals surface area (Å²) in [5.41, 5.74) is 4.58. The van der Waals surface area contributed by atoms with Crippen LogP contribution in [0.4, 0.5) is 0 Å². The molecule has 1 N–H and O–H groups in total. The number of aryl methyl sites for hydroxylation is 1. The number of hydrogen-bond donors (Lipinski definition) is 1. The lowest BCUT2D eigenvalue weighted by Crippen LogP contribution is -2.43. The fourth-order valence-electron chi connectivity index (χ4n) is 4.25. The van der Waals surface area contributed by atoms with Gasteiger partial charge in [-0.3, -0.25) is 14.4 Å². The maximum absolute atomic E-state index is 12.7. The third-order valence-electron chi connectivity index (χ3n) is 5.83. The summed E-state index contributed by atoms with van der Waals surface area (Å²) < 4.78 is 3.09. The number of nitrogens with zero attached hydrogens (tertiary/aromatic N) is 2. The molecule has 1 aromatic carbocycles. The number of aromatic nitrogens is 3. The van der Waals surface area contributed by atoms with Crippen molar-refractivity contribution in [3.8, 4) is 0 Å². The van der Waals surface area contributed by atoms with Crippen molar-refractivity contribution in [2.24, 2.45) is 0 Å². The summed E-state index contributed by atoms with van der Waals surface area (Å²) >= 11 is 0. The molecular formula is C24H21N3O4. The molecule has 156 valence electrons. The van der Waals surface area contributed by atoms with Gasteiger partial charge in [0.15, 0.2) is 6.29 Å². The van der Waals surface area contributed by atoms with Crippen LogP contribution < -0.4 is 16.0 Å². The van der Waals surface area contributed by atoms with E-state index in [2.05, 4.69) is 4.98 Å². The fourth-order valence-corrected chi connectivity index (χ4v) is 4.25. The molecule has 0 atom stereocenters. The van der Waals surface area contributed by atoms with Crippen LogP contribution in [-0.4, -0.2) is 20.6 Å². The maximum Gasteiger partial charge on any atom is 0.349 e. The monoisotopic (exact) mass is 415 g/mol. The highest BCUT2D eigenvalue weighted by Gasteiger charge is 2.27. The Labute approximate surface area is 177 Å². The molecule has 5 rings (SSSR count). The van der Waals surface area contributed by atoms with E-state index in [1.807, 2.05) is 47.2 Å². The normalized spacial score (nSPS) is 15.2. The molecule has 3 aromatic rings. The molecule has 0 aliphatic heterocycles. The van der Waals surface area contributed by atoms with E-state index in [4.69, 9.17) is 4.84 Å². The average molecular weight is 415 g/mol. The first kappa shape index (κ1) is 19.1. The molecule has 0 saturated carbocycles. The van der Waals surface area contributed by atoms with Crippen LogP contribution >= 0.6 is 0 Å². The quantitative estimate of drug-likeness (QED) is 0.513. The van der Waals surface area contributed by atoms with Crippen molar-refractivity contribution in [1.82, 2.24) is 14.3 Å². The minimum atomic E-state index is -0.729. The summed E-state index contributed by atoms with van der Waals surface area (Å²) in [4.78, 5) is 44.7. The summed E-state index contributed by atoms with van der Waals surface area (Å²) in [6.07, 6.45) is 9.66. The van der Waals surface area contributed by atoms with Crippen LogP contribution in [0.5, 0.6) is 0 Å². The number of nitrogens with one attached hydrogen (secondary N) is 1. The molecule has 2 aliphatic rings. The number of aromatic amines is 1. The lowest BCUT2D eigenvalue weighted by molar-refractivity contribution is 0.0847. The maximum atomic E-state index is 12.7. The van der Waals surface area contributed by atoms with Crippen LogP contribution in [0.25, 0.3) is 11.3 Å². The number of hydrogen-bond acceptors (Lipinski definition) is 4. The Balaban J connectivity index is 1.60. The zero-order valence-corrected chi connectivity index (χ0v) is 16.8. The van der Waals surface area contributed by atoms with E-state index in [-0.39, 0.29) is 6.61 Å². The second-order valence-corrected chi connectivity index (χ2v) is 7.76. The van der Waals surface area contributed by atoms with Crippen molar-refractivity contribution in [1.29, 1.82) is 0 Å². The number of carbonyl (C=O) groups is 1. The smallest absolute Gasteiger partial charge is 0.349 e. The van der Waals surface area contributed by atoms with Gasteiger partial charge in [0.25, 0.3) is 0 Å². The molecule has 7 heteroatoms. The van der Waals surface area contributed by atoms with Gasteiger partial charge in [0, 0.05) is 34.9 Å². The van der Waals surface area contributed by atoms with E-state index in [0.29, 0.717) is 23.4 Å². The lowest BCUT2D eigenvalue weighted by Gasteiger charge is -2.28. The minimum absolute atomic E-state index is 0.177. The Morgan fingerprint density at radius 1 is 1.03 bits per heavy atom. The Bertz CT molecular complexity index is 1340. The predicted molar refractivity (Wildman–Crippen MR) is 117 cm³/mol. The third-order valence-corrected chi connectivity index (χ3v) is 5.83. The molecule has 31 heavy (non-hydrogen) atoms. The molecule has 0 spiro atoms. The molecule has 2 heterocycles. The Kier molecular flexibility index (Phi) is 4.78. The zero-order chi connectivity index (χ0) is 21.4. The van der Waals surface area contributed by atoms with Crippen molar-refractivity contribution in [2.75, 3.05) is 0 Å². The van der Waals surface area contributed by atoms with Crippen molar-refractivity contribution < 1.29 is 9.63 Å². The van der Waals surface area contributed by atoms with Gasteiger partial charge in [0.1, 0.15) is 12.3 Å². The van der Waals surface area contributed by atoms with Gasteiger partial charge in [-0.1, -0.05) is 35.9 Å². The molecule has 0 saturated heterocycles. The number of aldehydes is 1. The standard InChI is InChI=1S/C24H21N3O4/c28-14-17-10-11-26(13-17)19-8-6-18-7-9-21-22(20(18)12-19)27(24(30)23(29)25-21)31-15-16-4-2-1-3-5-16/h1-5,10-14H,6-9,15H2,(H,25,29). The predicted octanol–water partition coefficient (Wildman–Crippen LogP) is 2.81. The van der Waals surface area contributed by atoms with Gasteiger partial charge < -0.3 is 14.4 Å². The zero-order valence-electron chi connectivity index (χ0n) is 16.8. The van der Waals surface area contributed by atoms with E-state index < -0.39 is 11.1 Å². The molecule has 0 bridgehead atoms. The Hall–Kier alpha value is -3.87. The van der Waals surface area contributed by atoms with Gasteiger partial charge in [-0.25, -0.2) is 0 Å². The summed E-state index contributed by atoms with van der Waals surface area (Å²) in [7, 11) is 0. The van der Waals surface area contributed by atoms with Gasteiger partial charge in [-0.15, -0.1) is 4.73 Å². The first-order valence-electron chi connectivity index (χ1n) is 10.3. The molecule has 0 fully saturated rings. The summed E-state index contributed by atoms with van der Waals surface area (Å²) in [5.74, 6) is 0. The second kappa shape index (κ2) is 7.75. The van der Waals surface area contributed by atoms with Crippen LogP contribution in [-0.2, 0) is 13.0 Å². The largest absolute Gasteiger partial charge is 0.405 e. The van der Waals surface area contributed by atoms with E-state index in [1.54, 1.807) is 12.3 Å². The van der Waals surface area contributed by atoms with Gasteiger partial charge in [0.2, 0.25) is 0 Å². The molecule has 2 aromatic heterocycles. The third kappa shape index (κ3) is 3.48. The van der Waals surface area contributed by atoms with Crippen molar-refractivity contribution >= 4 is 17.6 Å². The summed E-state index contributed by atoms with van der Waals surface area (Å²) in [6.45, 7) is 0.177. The van der Waals surface area contributed by atoms with Crippen LogP contribution in [0.15, 0.2) is 70.0 Å². The molecular weight excluding hydrogens is 394 g/mol. The van der Waals surface area contributed by atoms with E-state index in [0.717, 1.165) is 47.1 Å². The lowest BCUT2D eigenvalue weighted by atomic mass is 9.85. The number of H-pyrrole nitrogens is 1. The highest BCUT2D eigenvalue weighted by Crippen LogP contribution is 2.38. The molecule has 0 radical (unpaired) electrons. The number of allylic oxidation sites excluding steroid dienone is 4. The van der Waals surface area contributed by atoms with Crippen LogP contribution in [0.3, 0.4) is 0 Å². The number of rotatable bonds is 5. The highest BCUT2D eigenvalue weighted by molar-refractivity contribution is 5.84. The summed E-state index contributed by atoms with van der Waals surface area (Å²) in [6, 6.07) is 11.3. The van der Waals surface area contributed by atoms with E-state index >= 15 is 0 Å². The van der Waals surface area contributed by atoms with Crippen LogP contribution in [0.2, 0.25) is 0 Å². The van der Waals surface area contributed by atoms with Gasteiger partial charge in [-0.05, 0) is 43.4 Å². The van der Waals surface area contributed by atoms with Crippen LogP contribution in [0.1, 0.15) is 46.6 Å². The molecule has 0 unspecified atom stereocenters. The summed E-state index contributed by atoms with van der Waals surface area (Å²) in [5, 5.41) is 0. The number of carbonyl (C=O) groups excluding carboxylic acids is 1. The number of benzene rings is 1. The molecule has 7 nitrogen and oxygen atoms in total. The first-order chi connectivity index (χ1) is 15.1. The average Bonchev–Trinajstić information content (AvgIpc) is 3.29. The van der Waals surface area contributed by atoms with Gasteiger partial charge in [-0.2, -0.15) is 0 Å². The first-order valence-corrected chi connectivity index (χ1v) is 10.3. The van der Waals surface area contributed by atoms with Gasteiger partial charge >= 0.3 is 11.1 Å². The molecule has 0 amide bonds. The van der Waals surface area contributed by atoms with Crippen molar-refractivity contribution in [2.45, 2.75) is 32.3 Å². The Morgan fingerprint density at radius 2 is 1.84 bits per heavy atom. The second-order valence-electron chi connectivity index (χ2n) is 7.76. The minimum Gasteiger partial charge on any atom is -0.405 e. The molecule has 2 aliphatic carbocycles. The van der Waals surface area contributed by atoms with E-state index in [9.17, 15) is 14.4 Å². The SMILES string of the molecule is O=Cc1ccn(C2=CC3=C(CC2)CCc2[nH]c(=O)c(=O)n(OCc4ccccc4)c23)c1. The Morgan fingerprint density at radius 3 is 2.61 bits per heavy atom. The van der Waals surface area contributed by atoms with Gasteiger partial charge in [0.05, 0.1) is 0 Å². The number of fused-ring (bicyclic) bond motifs is 2. The highest BCUT2D eigenvalue weighted by atomic mass is 16.7.